The first kappa shape index (κ1) is 14.3. The van der Waals surface area contributed by atoms with Gasteiger partial charge in [0.15, 0.2) is 0 Å². The van der Waals surface area contributed by atoms with E-state index in [0.29, 0.717) is 0 Å². The number of hydrogen-bond donors (Lipinski definition) is 0. The molecule has 0 amide bonds. The summed E-state index contributed by atoms with van der Waals surface area (Å²) < 4.78 is 2.03. The molecule has 2 nitrogen and oxygen atoms in total. The first-order valence-corrected chi connectivity index (χ1v) is 6.26. The summed E-state index contributed by atoms with van der Waals surface area (Å²) >= 11 is 0. The molecule has 2 aromatic heterocycles. The minimum Gasteiger partial charge on any atom is -0.347 e. The molecule has 4 rings (SSSR count). The van der Waals surface area contributed by atoms with E-state index in [9.17, 15) is 0 Å². The van der Waals surface area contributed by atoms with Crippen molar-refractivity contribution in [2.45, 2.75) is 0 Å². The Balaban J connectivity index is 0.000000210. The predicted octanol–water partition coefficient (Wildman–Crippen LogP) is 4.12. The van der Waals surface area contributed by atoms with Crippen molar-refractivity contribution in [2.75, 3.05) is 0 Å². The largest absolute Gasteiger partial charge is 2.00 e. The minimum atomic E-state index is 0. The van der Waals surface area contributed by atoms with Gasteiger partial charge in [0.1, 0.15) is 5.65 Å². The van der Waals surface area contributed by atoms with Crippen molar-refractivity contribution in [3.63, 3.8) is 0 Å². The van der Waals surface area contributed by atoms with Crippen LogP contribution in [-0.2, 0) is 17.1 Å². The predicted molar refractivity (Wildman–Crippen MR) is 78.3 cm³/mol. The maximum atomic E-state index is 4.52. The van der Waals surface area contributed by atoms with Gasteiger partial charge >= 0.3 is 17.1 Å². The fourth-order valence-electron chi connectivity index (χ4n) is 1.94. The molecule has 20 heavy (non-hydrogen) atoms. The van der Waals surface area contributed by atoms with E-state index in [0.717, 1.165) is 11.3 Å². The van der Waals surface area contributed by atoms with Gasteiger partial charge in [-0.15, -0.1) is 12.1 Å². The molecule has 0 aliphatic heterocycles. The molecule has 0 bridgehead atoms. The van der Waals surface area contributed by atoms with E-state index in [-0.39, 0.29) is 17.1 Å². The second-order valence-corrected chi connectivity index (χ2v) is 4.23. The molecule has 0 aliphatic rings. The summed E-state index contributed by atoms with van der Waals surface area (Å²) in [6.07, 6.45) is 4.06. The monoisotopic (exact) mass is 302 g/mol. The molecule has 0 spiro atoms. The maximum Gasteiger partial charge on any atom is 2.00 e. The number of aromatic nitrogens is 2. The molecular formula is C17H14FeN2. The SMILES string of the molecule is [Fe+2].c1cc[cH-]c1.c1ccn2cc(-[c-]3cccc3)nc2c1. The topological polar surface area (TPSA) is 17.3 Å². The van der Waals surface area contributed by atoms with Crippen molar-refractivity contribution >= 4 is 5.65 Å². The summed E-state index contributed by atoms with van der Waals surface area (Å²) in [5.74, 6) is 0. The summed E-state index contributed by atoms with van der Waals surface area (Å²) in [5, 5.41) is 0. The van der Waals surface area contributed by atoms with Crippen molar-refractivity contribution in [3.05, 3.63) is 85.2 Å². The van der Waals surface area contributed by atoms with Gasteiger partial charge in [-0.2, -0.15) is 30.3 Å². The summed E-state index contributed by atoms with van der Waals surface area (Å²) in [4.78, 5) is 4.52. The zero-order valence-corrected chi connectivity index (χ0v) is 11.9. The van der Waals surface area contributed by atoms with E-state index in [1.165, 1.54) is 5.56 Å². The summed E-state index contributed by atoms with van der Waals surface area (Å²) in [6, 6.07) is 24.2. The molecule has 2 heterocycles. The van der Waals surface area contributed by atoms with Crippen LogP contribution in [0.1, 0.15) is 0 Å². The van der Waals surface area contributed by atoms with E-state index in [4.69, 9.17) is 0 Å². The Morgan fingerprint density at radius 2 is 1.70 bits per heavy atom. The first-order chi connectivity index (χ1) is 9.43. The van der Waals surface area contributed by atoms with Crippen LogP contribution in [0.15, 0.2) is 85.2 Å². The van der Waals surface area contributed by atoms with Crippen LogP contribution >= 0.6 is 0 Å². The normalized spacial score (nSPS) is 9.60. The third kappa shape index (κ3) is 3.27. The smallest absolute Gasteiger partial charge is 0.347 e. The molecule has 4 aromatic rings. The molecule has 0 saturated heterocycles. The van der Waals surface area contributed by atoms with E-state index in [1.54, 1.807) is 0 Å². The van der Waals surface area contributed by atoms with Crippen LogP contribution in [0.2, 0.25) is 0 Å². The fraction of sp³-hybridized carbons (Fsp3) is 0. The molecule has 0 fully saturated rings. The van der Waals surface area contributed by atoms with E-state index >= 15 is 0 Å². The summed E-state index contributed by atoms with van der Waals surface area (Å²) in [7, 11) is 0. The maximum absolute atomic E-state index is 4.52. The van der Waals surface area contributed by atoms with Crippen LogP contribution < -0.4 is 0 Å². The van der Waals surface area contributed by atoms with Gasteiger partial charge in [0.05, 0.1) is 0 Å². The Morgan fingerprint density at radius 1 is 0.950 bits per heavy atom. The molecule has 0 unspecified atom stereocenters. The third-order valence-corrected chi connectivity index (χ3v) is 2.88. The van der Waals surface area contributed by atoms with E-state index in [2.05, 4.69) is 17.1 Å². The second kappa shape index (κ2) is 6.90. The van der Waals surface area contributed by atoms with Crippen LogP contribution in [0.3, 0.4) is 0 Å². The Morgan fingerprint density at radius 3 is 2.30 bits per heavy atom. The fourth-order valence-corrected chi connectivity index (χ4v) is 1.94. The molecule has 0 saturated carbocycles. The van der Waals surface area contributed by atoms with Crippen LogP contribution in [0.5, 0.6) is 0 Å². The molecule has 2 aromatic carbocycles. The van der Waals surface area contributed by atoms with Crippen LogP contribution in [-0.4, -0.2) is 9.38 Å². The minimum absolute atomic E-state index is 0. The number of nitrogens with zero attached hydrogens (tertiary/aromatic N) is 2. The Bertz CT molecular complexity index is 671. The van der Waals surface area contributed by atoms with Gasteiger partial charge in [-0.05, 0) is 18.3 Å². The molecule has 0 aliphatic carbocycles. The zero-order chi connectivity index (χ0) is 12.9. The van der Waals surface area contributed by atoms with Gasteiger partial charge in [0.2, 0.25) is 0 Å². The summed E-state index contributed by atoms with van der Waals surface area (Å²) in [6.45, 7) is 0. The van der Waals surface area contributed by atoms with Crippen molar-refractivity contribution in [1.82, 2.24) is 9.38 Å². The Hall–Kier alpha value is -2.09. The number of fused-ring (bicyclic) bond motifs is 1. The third-order valence-electron chi connectivity index (χ3n) is 2.88. The molecule has 0 radical (unpaired) electrons. The molecule has 0 atom stereocenters. The quantitative estimate of drug-likeness (QED) is 0.382. The van der Waals surface area contributed by atoms with Gasteiger partial charge in [0.25, 0.3) is 0 Å². The van der Waals surface area contributed by atoms with Gasteiger partial charge < -0.3 is 4.40 Å². The van der Waals surface area contributed by atoms with Gasteiger partial charge in [-0.3, -0.25) is 0 Å². The Labute approximate surface area is 128 Å². The average Bonchev–Trinajstić information content (AvgIpc) is 3.20. The van der Waals surface area contributed by atoms with Crippen molar-refractivity contribution in [3.8, 4) is 11.3 Å². The van der Waals surface area contributed by atoms with Crippen LogP contribution in [0.25, 0.3) is 16.9 Å². The van der Waals surface area contributed by atoms with Crippen molar-refractivity contribution in [1.29, 1.82) is 0 Å². The van der Waals surface area contributed by atoms with Crippen molar-refractivity contribution in [2.24, 2.45) is 0 Å². The second-order valence-electron chi connectivity index (χ2n) is 4.23. The van der Waals surface area contributed by atoms with Gasteiger partial charge in [-0.25, -0.2) is 17.1 Å². The first-order valence-electron chi connectivity index (χ1n) is 6.26. The van der Waals surface area contributed by atoms with Crippen LogP contribution in [0.4, 0.5) is 0 Å². The van der Waals surface area contributed by atoms with E-state index in [1.807, 2.05) is 77.5 Å². The molecule has 100 valence electrons. The van der Waals surface area contributed by atoms with Gasteiger partial charge in [0, 0.05) is 11.9 Å². The van der Waals surface area contributed by atoms with Crippen molar-refractivity contribution < 1.29 is 17.1 Å². The standard InChI is InChI=1S/C12H9N2.C5H5.Fe/c1-2-6-10(5-1)11-9-14-8-4-3-7-12(14)13-11;1-2-4-5-3-1;/h1-9H;1-5H;/q2*-1;+2. The zero-order valence-electron chi connectivity index (χ0n) is 10.8. The van der Waals surface area contributed by atoms with Crippen LogP contribution in [0, 0.1) is 0 Å². The average molecular weight is 302 g/mol. The van der Waals surface area contributed by atoms with E-state index < -0.39 is 0 Å². The van der Waals surface area contributed by atoms with Gasteiger partial charge in [-0.1, -0.05) is 11.6 Å². The molecule has 0 N–H and O–H groups in total. The Kier molecular flexibility index (Phi) is 4.94. The number of imidazole rings is 1. The molecule has 3 heteroatoms. The number of rotatable bonds is 1. The summed E-state index contributed by atoms with van der Waals surface area (Å²) in [5.41, 5.74) is 3.19. The molecular weight excluding hydrogens is 288 g/mol. The number of hydrogen-bond acceptors (Lipinski definition) is 1. The number of pyridine rings is 1.